The number of para-hydroxylation sites is 1. The second kappa shape index (κ2) is 7.49. The van der Waals surface area contributed by atoms with Crippen molar-refractivity contribution in [2.45, 2.75) is 20.0 Å². The number of ether oxygens (including phenoxy) is 2. The average molecular weight is 281 g/mol. The van der Waals surface area contributed by atoms with Crippen LogP contribution < -0.4 is 10.1 Å². The summed E-state index contributed by atoms with van der Waals surface area (Å²) in [7, 11) is 1.28. The molecule has 1 atom stereocenters. The first-order chi connectivity index (χ1) is 9.45. The number of benzene rings is 1. The minimum atomic E-state index is -1.12. The molecule has 1 amide bonds. The summed E-state index contributed by atoms with van der Waals surface area (Å²) in [6.45, 7) is 3.53. The molecule has 1 aromatic carbocycles. The largest absolute Gasteiger partial charge is 0.483 e. The van der Waals surface area contributed by atoms with Crippen LogP contribution in [0.2, 0.25) is 0 Å². The number of carbonyl (C=O) groups is 2. The second-order valence-corrected chi connectivity index (χ2v) is 4.38. The minimum absolute atomic E-state index is 0.0964. The van der Waals surface area contributed by atoms with Gasteiger partial charge in [0, 0.05) is 7.11 Å². The molecule has 0 aromatic heterocycles. The van der Waals surface area contributed by atoms with Crippen molar-refractivity contribution < 1.29 is 24.2 Å². The molecular weight excluding hydrogens is 262 g/mol. The number of hydrogen-bond donors (Lipinski definition) is 2. The lowest BCUT2D eigenvalue weighted by Gasteiger charge is -2.13. The van der Waals surface area contributed by atoms with Crippen molar-refractivity contribution in [2.24, 2.45) is 0 Å². The fourth-order valence-electron chi connectivity index (χ4n) is 1.69. The van der Waals surface area contributed by atoms with Crippen LogP contribution in [-0.4, -0.2) is 43.3 Å². The van der Waals surface area contributed by atoms with Gasteiger partial charge in [0.25, 0.3) is 5.91 Å². The third kappa shape index (κ3) is 4.55. The number of nitrogens with one attached hydrogen (secondary N) is 1. The monoisotopic (exact) mass is 281 g/mol. The zero-order chi connectivity index (χ0) is 15.1. The van der Waals surface area contributed by atoms with Gasteiger partial charge in [0.1, 0.15) is 5.75 Å². The van der Waals surface area contributed by atoms with E-state index in [9.17, 15) is 9.59 Å². The van der Waals surface area contributed by atoms with Crippen molar-refractivity contribution in [1.82, 2.24) is 5.32 Å². The number of hydrogen-bond acceptors (Lipinski definition) is 4. The Balaban J connectivity index is 2.46. The van der Waals surface area contributed by atoms with Crippen LogP contribution in [-0.2, 0) is 14.3 Å². The highest BCUT2D eigenvalue weighted by Gasteiger charge is 2.17. The molecule has 110 valence electrons. The molecule has 6 nitrogen and oxygen atoms in total. The van der Waals surface area contributed by atoms with Crippen molar-refractivity contribution >= 4 is 11.9 Å². The highest BCUT2D eigenvalue weighted by molar-refractivity contribution is 5.79. The molecule has 6 heteroatoms. The average Bonchev–Trinajstić information content (AvgIpc) is 2.38. The number of carboxylic acids is 1. The Labute approximate surface area is 117 Å². The summed E-state index contributed by atoms with van der Waals surface area (Å²) in [6.07, 6.45) is -1.06. The maximum Gasteiger partial charge on any atom is 0.334 e. The van der Waals surface area contributed by atoms with Crippen molar-refractivity contribution in [2.75, 3.05) is 20.3 Å². The summed E-state index contributed by atoms with van der Waals surface area (Å²) in [4.78, 5) is 22.3. The summed E-state index contributed by atoms with van der Waals surface area (Å²) < 4.78 is 10.2. The number of rotatable bonds is 7. The van der Waals surface area contributed by atoms with E-state index >= 15 is 0 Å². The quantitative estimate of drug-likeness (QED) is 0.775. The summed E-state index contributed by atoms with van der Waals surface area (Å²) in [5.41, 5.74) is 1.89. The molecule has 0 saturated carbocycles. The van der Waals surface area contributed by atoms with Crippen LogP contribution >= 0.6 is 0 Å². The van der Waals surface area contributed by atoms with Crippen LogP contribution in [0.25, 0.3) is 0 Å². The molecular formula is C14H19NO5. The maximum absolute atomic E-state index is 11.6. The van der Waals surface area contributed by atoms with E-state index in [4.69, 9.17) is 14.6 Å². The van der Waals surface area contributed by atoms with E-state index in [1.54, 1.807) is 0 Å². The minimum Gasteiger partial charge on any atom is -0.483 e. The molecule has 1 rings (SSSR count). The van der Waals surface area contributed by atoms with Crippen LogP contribution in [0.3, 0.4) is 0 Å². The fraction of sp³-hybridized carbons (Fsp3) is 0.429. The van der Waals surface area contributed by atoms with E-state index in [0.29, 0.717) is 5.75 Å². The standard InChI is InChI=1S/C14H19NO5/c1-9-5-4-6-10(2)13(9)20-8-12(16)15-7-11(19-3)14(17)18/h4-6,11H,7-8H2,1-3H3,(H,15,16)(H,17,18). The Bertz CT molecular complexity index is 466. The van der Waals surface area contributed by atoms with Crippen molar-refractivity contribution in [1.29, 1.82) is 0 Å². The van der Waals surface area contributed by atoms with E-state index in [1.165, 1.54) is 7.11 Å². The predicted octanol–water partition coefficient (Wildman–Crippen LogP) is 0.898. The topological polar surface area (TPSA) is 84.9 Å². The number of amides is 1. The van der Waals surface area contributed by atoms with Gasteiger partial charge in [0.2, 0.25) is 0 Å². The molecule has 0 aliphatic carbocycles. The molecule has 0 fully saturated rings. The van der Waals surface area contributed by atoms with Crippen LogP contribution in [0, 0.1) is 13.8 Å². The molecule has 0 radical (unpaired) electrons. The van der Waals surface area contributed by atoms with E-state index in [1.807, 2.05) is 32.0 Å². The SMILES string of the molecule is COC(CNC(=O)COc1c(C)cccc1C)C(=O)O. The third-order valence-electron chi connectivity index (χ3n) is 2.80. The zero-order valence-electron chi connectivity index (χ0n) is 11.8. The van der Waals surface area contributed by atoms with Gasteiger partial charge in [-0.25, -0.2) is 4.79 Å². The smallest absolute Gasteiger partial charge is 0.334 e. The van der Waals surface area contributed by atoms with Crippen molar-refractivity contribution in [3.05, 3.63) is 29.3 Å². The van der Waals surface area contributed by atoms with Crippen LogP contribution in [0.1, 0.15) is 11.1 Å². The molecule has 0 heterocycles. The fourth-order valence-corrected chi connectivity index (χ4v) is 1.69. The van der Waals surface area contributed by atoms with E-state index < -0.39 is 18.0 Å². The molecule has 2 N–H and O–H groups in total. The van der Waals surface area contributed by atoms with Crippen LogP contribution in [0.15, 0.2) is 18.2 Å². The number of carboxylic acid groups (broad SMARTS) is 1. The number of aryl methyl sites for hydroxylation is 2. The Morgan fingerprint density at radius 2 is 1.90 bits per heavy atom. The second-order valence-electron chi connectivity index (χ2n) is 4.38. The lowest BCUT2D eigenvalue weighted by Crippen LogP contribution is -2.39. The van der Waals surface area contributed by atoms with Crippen LogP contribution in [0.4, 0.5) is 0 Å². The lowest BCUT2D eigenvalue weighted by molar-refractivity contribution is -0.148. The van der Waals surface area contributed by atoms with E-state index in [-0.39, 0.29) is 13.2 Å². The van der Waals surface area contributed by atoms with Gasteiger partial charge in [-0.15, -0.1) is 0 Å². The molecule has 0 spiro atoms. The van der Waals surface area contributed by atoms with Gasteiger partial charge < -0.3 is 19.9 Å². The summed E-state index contributed by atoms with van der Waals surface area (Å²) in [5.74, 6) is -0.844. The first-order valence-electron chi connectivity index (χ1n) is 6.17. The van der Waals surface area contributed by atoms with Gasteiger partial charge in [-0.2, -0.15) is 0 Å². The Morgan fingerprint density at radius 1 is 1.30 bits per heavy atom. The molecule has 0 aliphatic heterocycles. The molecule has 0 saturated heterocycles. The van der Waals surface area contributed by atoms with Gasteiger partial charge in [0.15, 0.2) is 12.7 Å². The maximum atomic E-state index is 11.6. The van der Waals surface area contributed by atoms with Crippen molar-refractivity contribution in [3.8, 4) is 5.75 Å². The Morgan fingerprint density at radius 3 is 2.40 bits per heavy atom. The predicted molar refractivity (Wildman–Crippen MR) is 72.9 cm³/mol. The zero-order valence-corrected chi connectivity index (χ0v) is 11.8. The molecule has 20 heavy (non-hydrogen) atoms. The molecule has 0 aliphatic rings. The Kier molecular flexibility index (Phi) is 5.99. The Hall–Kier alpha value is -2.08. The molecule has 0 bridgehead atoms. The van der Waals surface area contributed by atoms with Crippen molar-refractivity contribution in [3.63, 3.8) is 0 Å². The normalized spacial score (nSPS) is 11.8. The molecule has 1 aromatic rings. The number of aliphatic carboxylic acids is 1. The number of methoxy groups -OCH3 is 1. The van der Waals surface area contributed by atoms with Gasteiger partial charge in [0.05, 0.1) is 6.54 Å². The summed E-state index contributed by atoms with van der Waals surface area (Å²) >= 11 is 0. The summed E-state index contributed by atoms with van der Waals surface area (Å²) in [6, 6.07) is 5.70. The molecule has 1 unspecified atom stereocenters. The van der Waals surface area contributed by atoms with E-state index in [2.05, 4.69) is 5.32 Å². The van der Waals surface area contributed by atoms with E-state index in [0.717, 1.165) is 11.1 Å². The van der Waals surface area contributed by atoms with Gasteiger partial charge in [-0.05, 0) is 25.0 Å². The number of carbonyl (C=O) groups excluding carboxylic acids is 1. The highest BCUT2D eigenvalue weighted by Crippen LogP contribution is 2.21. The van der Waals surface area contributed by atoms with Crippen LogP contribution in [0.5, 0.6) is 5.75 Å². The first kappa shape index (κ1) is 16.0. The summed E-state index contributed by atoms with van der Waals surface area (Å²) in [5, 5.41) is 11.2. The third-order valence-corrected chi connectivity index (χ3v) is 2.80. The highest BCUT2D eigenvalue weighted by atomic mass is 16.5. The van der Waals surface area contributed by atoms with Gasteiger partial charge in [-0.3, -0.25) is 4.79 Å². The lowest BCUT2D eigenvalue weighted by atomic mass is 10.1. The first-order valence-corrected chi connectivity index (χ1v) is 6.17. The van der Waals surface area contributed by atoms with Gasteiger partial charge >= 0.3 is 5.97 Å². The van der Waals surface area contributed by atoms with Gasteiger partial charge in [-0.1, -0.05) is 18.2 Å².